The Kier molecular flexibility index (Phi) is 8.21. The van der Waals surface area contributed by atoms with Crippen molar-refractivity contribution in [2.24, 2.45) is 0 Å². The van der Waals surface area contributed by atoms with Gasteiger partial charge in [0, 0.05) is 46.7 Å². The molecule has 0 aliphatic carbocycles. The molecule has 0 bridgehead atoms. The molecular weight excluding hydrogens is 844 g/mol. The second-order valence-electron chi connectivity index (χ2n) is 13.9. The number of hydrogen-bond acceptors (Lipinski definition) is 3. The van der Waals surface area contributed by atoms with E-state index in [-0.39, 0.29) is 21.1 Å². The van der Waals surface area contributed by atoms with E-state index < -0.39 is 0 Å². The van der Waals surface area contributed by atoms with Crippen LogP contribution in [0.3, 0.4) is 0 Å². The Morgan fingerprint density at radius 1 is 0.574 bits per heavy atom. The van der Waals surface area contributed by atoms with E-state index in [1.807, 2.05) is 42.7 Å². The van der Waals surface area contributed by atoms with Crippen molar-refractivity contribution in [1.82, 2.24) is 18.9 Å². The normalized spacial score (nSPS) is 11.6. The monoisotopic (exact) mass is 877 g/mol. The molecule has 10 rings (SSSR count). The maximum atomic E-state index is 6.59. The van der Waals surface area contributed by atoms with Crippen LogP contribution in [0.15, 0.2) is 134 Å². The minimum Gasteiger partial charge on any atom is -0.503 e. The summed E-state index contributed by atoms with van der Waals surface area (Å²) in [5.41, 5.74) is 13.8. The molecule has 262 valence electrons. The molecular formula is C48H34N4OPt. The van der Waals surface area contributed by atoms with Crippen LogP contribution in [0.4, 0.5) is 0 Å². The van der Waals surface area contributed by atoms with Gasteiger partial charge in [-0.2, -0.15) is 6.07 Å². The quantitative estimate of drug-likeness (QED) is 0.128. The van der Waals surface area contributed by atoms with Crippen LogP contribution in [-0.4, -0.2) is 18.9 Å². The summed E-state index contributed by atoms with van der Waals surface area (Å²) >= 11 is 0. The van der Waals surface area contributed by atoms with Gasteiger partial charge >= 0.3 is 21.1 Å². The molecule has 54 heavy (non-hydrogen) atoms. The Morgan fingerprint density at radius 3 is 2.00 bits per heavy atom. The maximum Gasteiger partial charge on any atom is 2.00 e. The van der Waals surface area contributed by atoms with Crippen molar-refractivity contribution in [1.29, 1.82) is 0 Å². The molecule has 0 N–H and O–H groups in total. The van der Waals surface area contributed by atoms with Crippen LogP contribution in [0.1, 0.15) is 22.3 Å². The van der Waals surface area contributed by atoms with Crippen molar-refractivity contribution in [3.05, 3.63) is 168 Å². The van der Waals surface area contributed by atoms with Gasteiger partial charge in [-0.25, -0.2) is 4.98 Å². The SMILES string of the molecule is Cc1cccc(C)c1-c1cc(-c2c(C)cccc2C)c2c(c1)c1ccc(Oc3[c-]c4c(cc3)c3ccccc3n4-c3ccccn3)[c-]c1c1nccn12.[Pt+2]. The average Bonchev–Trinajstić information content (AvgIpc) is 3.78. The fourth-order valence-electron chi connectivity index (χ4n) is 8.32. The number of hydrogen-bond donors (Lipinski definition) is 0. The van der Waals surface area contributed by atoms with E-state index in [9.17, 15) is 0 Å². The predicted octanol–water partition coefficient (Wildman–Crippen LogP) is 12.1. The molecule has 0 aliphatic heterocycles. The number of rotatable bonds is 5. The third-order valence-corrected chi connectivity index (χ3v) is 10.6. The molecule has 5 nitrogen and oxygen atoms in total. The van der Waals surface area contributed by atoms with Gasteiger partial charge in [0.15, 0.2) is 0 Å². The molecule has 0 saturated heterocycles. The summed E-state index contributed by atoms with van der Waals surface area (Å²) in [4.78, 5) is 9.58. The minimum absolute atomic E-state index is 0. The van der Waals surface area contributed by atoms with Gasteiger partial charge in [-0.15, -0.1) is 29.7 Å². The largest absolute Gasteiger partial charge is 2.00 e. The molecule has 0 fully saturated rings. The molecule has 0 unspecified atom stereocenters. The molecule has 0 radical (unpaired) electrons. The van der Waals surface area contributed by atoms with Crippen LogP contribution in [0.5, 0.6) is 11.5 Å². The Hall–Kier alpha value is -6.03. The van der Waals surface area contributed by atoms with E-state index in [4.69, 9.17) is 9.72 Å². The molecule has 4 aromatic heterocycles. The minimum atomic E-state index is 0. The number of imidazole rings is 1. The summed E-state index contributed by atoms with van der Waals surface area (Å²) in [7, 11) is 0. The molecule has 0 aliphatic rings. The average molecular weight is 878 g/mol. The second-order valence-corrected chi connectivity index (χ2v) is 13.9. The topological polar surface area (TPSA) is 44.3 Å². The number of para-hydroxylation sites is 1. The molecule has 4 heterocycles. The Labute approximate surface area is 327 Å². The molecule has 0 atom stereocenters. The number of aromatic nitrogens is 4. The molecule has 6 heteroatoms. The molecule has 6 aromatic carbocycles. The number of aryl methyl sites for hydroxylation is 4. The first-order valence-electron chi connectivity index (χ1n) is 17.9. The first-order chi connectivity index (χ1) is 25.9. The standard InChI is InChI=1S/C48H34N4O.Pt/c1-29-11-9-12-30(2)45(29)33-25-39-36-20-18-34(27-40(36)48-50-23-24-51(48)47(39)41(26-33)46-31(3)13-10-14-32(46)4)53-35-19-21-38-37-15-5-6-16-42(37)52(43(38)28-35)44-17-7-8-22-49-44;/h5-26H,1-4H3;/q-2;+2. The van der Waals surface area contributed by atoms with E-state index in [1.54, 1.807) is 0 Å². The summed E-state index contributed by atoms with van der Waals surface area (Å²) in [6.07, 6.45) is 5.75. The van der Waals surface area contributed by atoms with Gasteiger partial charge in [0.05, 0.1) is 5.65 Å². The first-order valence-corrected chi connectivity index (χ1v) is 17.9. The summed E-state index contributed by atoms with van der Waals surface area (Å²) in [6.45, 7) is 8.80. The van der Waals surface area contributed by atoms with Crippen molar-refractivity contribution in [2.45, 2.75) is 27.7 Å². The predicted molar refractivity (Wildman–Crippen MR) is 216 cm³/mol. The van der Waals surface area contributed by atoms with Gasteiger partial charge in [-0.05, 0) is 102 Å². The number of benzene rings is 6. The van der Waals surface area contributed by atoms with Gasteiger partial charge in [-0.1, -0.05) is 89.1 Å². The summed E-state index contributed by atoms with van der Waals surface area (Å²) in [5.74, 6) is 2.03. The third kappa shape index (κ3) is 5.26. The van der Waals surface area contributed by atoms with Crippen molar-refractivity contribution in [2.75, 3.05) is 0 Å². The number of ether oxygens (including phenoxy) is 1. The van der Waals surface area contributed by atoms with Gasteiger partial charge in [-0.3, -0.25) is 4.98 Å². The van der Waals surface area contributed by atoms with E-state index in [0.29, 0.717) is 11.5 Å². The van der Waals surface area contributed by atoms with Crippen molar-refractivity contribution < 1.29 is 25.8 Å². The zero-order valence-corrected chi connectivity index (χ0v) is 32.5. The maximum absolute atomic E-state index is 6.59. The van der Waals surface area contributed by atoms with Gasteiger partial charge < -0.3 is 13.7 Å². The molecule has 0 spiro atoms. The fourth-order valence-corrected chi connectivity index (χ4v) is 8.32. The summed E-state index contributed by atoms with van der Waals surface area (Å²) in [6, 6.07) is 47.6. The van der Waals surface area contributed by atoms with Crippen LogP contribution in [0.2, 0.25) is 0 Å². The first kappa shape index (κ1) is 33.8. The van der Waals surface area contributed by atoms with Crippen LogP contribution in [0.25, 0.3) is 77.2 Å². The number of nitrogens with zero attached hydrogens (tertiary/aromatic N) is 4. The van der Waals surface area contributed by atoms with Crippen LogP contribution in [-0.2, 0) is 21.1 Å². The van der Waals surface area contributed by atoms with E-state index in [2.05, 4.69) is 145 Å². The zero-order chi connectivity index (χ0) is 35.8. The van der Waals surface area contributed by atoms with Crippen molar-refractivity contribution in [3.63, 3.8) is 0 Å². The van der Waals surface area contributed by atoms with E-state index >= 15 is 0 Å². The van der Waals surface area contributed by atoms with Crippen LogP contribution < -0.4 is 4.74 Å². The second kappa shape index (κ2) is 13.1. The molecule has 0 saturated carbocycles. The van der Waals surface area contributed by atoms with Gasteiger partial charge in [0.25, 0.3) is 0 Å². The van der Waals surface area contributed by atoms with Crippen molar-refractivity contribution in [3.8, 4) is 39.6 Å². The van der Waals surface area contributed by atoms with E-state index in [0.717, 1.165) is 54.9 Å². The summed E-state index contributed by atoms with van der Waals surface area (Å²) in [5, 5.41) is 5.34. The summed E-state index contributed by atoms with van der Waals surface area (Å²) < 4.78 is 10.9. The van der Waals surface area contributed by atoms with Crippen LogP contribution >= 0.6 is 0 Å². The van der Waals surface area contributed by atoms with Gasteiger partial charge in [0.2, 0.25) is 0 Å². The smallest absolute Gasteiger partial charge is 0.503 e. The Morgan fingerprint density at radius 2 is 1.26 bits per heavy atom. The molecule has 0 amide bonds. The van der Waals surface area contributed by atoms with Crippen molar-refractivity contribution >= 4 is 49.1 Å². The van der Waals surface area contributed by atoms with E-state index in [1.165, 1.54) is 44.5 Å². The Bertz CT molecular complexity index is 3050. The zero-order valence-electron chi connectivity index (χ0n) is 30.2. The van der Waals surface area contributed by atoms with Crippen LogP contribution in [0, 0.1) is 39.8 Å². The molecule has 10 aromatic rings. The van der Waals surface area contributed by atoms with Gasteiger partial charge in [0.1, 0.15) is 5.82 Å². The fraction of sp³-hybridized carbons (Fsp3) is 0.0833. The third-order valence-electron chi connectivity index (χ3n) is 10.6. The number of fused-ring (bicyclic) bond motifs is 9. The Balaban J connectivity index is 0.00000384. The number of pyridine rings is 2.